The van der Waals surface area contributed by atoms with Crippen LogP contribution < -0.4 is 10.6 Å². The maximum atomic E-state index is 14.4. The number of β-lactam (4-membered cyclic amide) rings is 1. The molecular formula is C41H42N4O8S. The van der Waals surface area contributed by atoms with Crippen molar-refractivity contribution in [3.8, 4) is 0 Å². The first-order valence-electron chi connectivity index (χ1n) is 17.5. The molecule has 3 aromatic rings. The minimum atomic E-state index is -0.913. The normalized spacial score (nSPS) is 18.9. The minimum Gasteiger partial charge on any atom is -0.448 e. The van der Waals surface area contributed by atoms with E-state index >= 15 is 0 Å². The van der Waals surface area contributed by atoms with Crippen molar-refractivity contribution in [3.05, 3.63) is 137 Å². The molecular weight excluding hydrogens is 709 g/mol. The van der Waals surface area contributed by atoms with Crippen molar-refractivity contribution in [3.63, 3.8) is 0 Å². The lowest BCUT2D eigenvalue weighted by molar-refractivity contribution is -0.153. The van der Waals surface area contributed by atoms with Crippen LogP contribution in [0.2, 0.25) is 0 Å². The molecule has 3 aliphatic heterocycles. The van der Waals surface area contributed by atoms with Crippen molar-refractivity contribution < 1.29 is 38.2 Å². The van der Waals surface area contributed by atoms with Gasteiger partial charge in [-0.05, 0) is 67.7 Å². The summed E-state index contributed by atoms with van der Waals surface area (Å²) in [5.74, 6) is -1.11. The fourth-order valence-electron chi connectivity index (χ4n) is 6.29. The molecule has 0 saturated carbocycles. The van der Waals surface area contributed by atoms with Crippen LogP contribution in [0.15, 0.2) is 121 Å². The fourth-order valence-corrected chi connectivity index (χ4v) is 7.59. The Morgan fingerprint density at radius 2 is 1.59 bits per heavy atom. The predicted molar refractivity (Wildman–Crippen MR) is 204 cm³/mol. The van der Waals surface area contributed by atoms with Crippen LogP contribution in [0.1, 0.15) is 50.0 Å². The van der Waals surface area contributed by atoms with E-state index in [4.69, 9.17) is 14.2 Å². The number of rotatable bonds is 11. The van der Waals surface area contributed by atoms with Gasteiger partial charge in [0.05, 0.1) is 0 Å². The molecule has 2 fully saturated rings. The number of hydrogen-bond donors (Lipinski definition) is 2. The van der Waals surface area contributed by atoms with Gasteiger partial charge >= 0.3 is 18.2 Å². The van der Waals surface area contributed by atoms with Gasteiger partial charge in [-0.1, -0.05) is 85.5 Å². The molecule has 0 aliphatic carbocycles. The Kier molecular flexibility index (Phi) is 11.6. The Bertz CT molecular complexity index is 1940. The lowest BCUT2D eigenvalue weighted by Gasteiger charge is -2.49. The molecule has 3 aromatic carbocycles. The Morgan fingerprint density at radius 1 is 0.944 bits per heavy atom. The molecule has 12 nitrogen and oxygen atoms in total. The lowest BCUT2D eigenvalue weighted by atomic mass is 10.00. The van der Waals surface area contributed by atoms with Crippen LogP contribution in [0.5, 0.6) is 0 Å². The predicted octanol–water partition coefficient (Wildman–Crippen LogP) is 6.48. The molecule has 0 bridgehead atoms. The monoisotopic (exact) mass is 750 g/mol. The van der Waals surface area contributed by atoms with E-state index in [2.05, 4.69) is 17.2 Å². The van der Waals surface area contributed by atoms with Gasteiger partial charge in [0, 0.05) is 30.1 Å². The van der Waals surface area contributed by atoms with Gasteiger partial charge in [-0.3, -0.25) is 19.8 Å². The second-order valence-electron chi connectivity index (χ2n) is 13.9. The summed E-state index contributed by atoms with van der Waals surface area (Å²) in [6.45, 7) is 9.60. The number of anilines is 1. The molecule has 6 rings (SSSR count). The molecule has 2 atom stereocenters. The zero-order chi connectivity index (χ0) is 38.4. The molecule has 0 aromatic heterocycles. The van der Waals surface area contributed by atoms with Crippen molar-refractivity contribution in [2.45, 2.75) is 56.9 Å². The highest BCUT2D eigenvalue weighted by Crippen LogP contribution is 2.43. The first-order valence-corrected chi connectivity index (χ1v) is 18.6. The molecule has 2 saturated heterocycles. The van der Waals surface area contributed by atoms with Crippen LogP contribution in [0.3, 0.4) is 0 Å². The lowest BCUT2D eigenvalue weighted by Crippen LogP contribution is -2.70. The summed E-state index contributed by atoms with van der Waals surface area (Å²) < 4.78 is 16.6. The topological polar surface area (TPSA) is 144 Å². The summed E-state index contributed by atoms with van der Waals surface area (Å²) in [5.41, 5.74) is 3.15. The van der Waals surface area contributed by atoms with Crippen LogP contribution in [-0.2, 0) is 35.1 Å². The van der Waals surface area contributed by atoms with Crippen molar-refractivity contribution in [1.29, 1.82) is 0 Å². The second-order valence-corrected chi connectivity index (χ2v) is 15.0. The largest absolute Gasteiger partial charge is 0.448 e. The summed E-state index contributed by atoms with van der Waals surface area (Å²) in [6.07, 6.45) is 1.51. The number of alkyl carbamates (subject to hydrolysis) is 1. The molecule has 3 heterocycles. The van der Waals surface area contributed by atoms with Crippen LogP contribution in [0.4, 0.5) is 15.3 Å². The number of ether oxygens (including phenoxy) is 3. The zero-order valence-electron chi connectivity index (χ0n) is 30.3. The maximum absolute atomic E-state index is 14.4. The number of hydrogen-bond acceptors (Lipinski definition) is 9. The number of nitrogens with one attached hydrogen (secondary N) is 2. The minimum absolute atomic E-state index is 0.0382. The average Bonchev–Trinajstić information content (AvgIpc) is 3.49. The summed E-state index contributed by atoms with van der Waals surface area (Å²) in [6, 6.07) is 24.8. The van der Waals surface area contributed by atoms with Gasteiger partial charge in [-0.25, -0.2) is 14.4 Å². The molecule has 0 radical (unpaired) electrons. The third kappa shape index (κ3) is 8.85. The molecule has 4 amide bonds. The average molecular weight is 751 g/mol. The van der Waals surface area contributed by atoms with Gasteiger partial charge in [0.15, 0.2) is 6.10 Å². The Hall–Kier alpha value is -5.82. The number of esters is 1. The summed E-state index contributed by atoms with van der Waals surface area (Å²) in [7, 11) is 0. The van der Waals surface area contributed by atoms with E-state index in [0.29, 0.717) is 36.3 Å². The van der Waals surface area contributed by atoms with E-state index in [-0.39, 0.29) is 24.0 Å². The van der Waals surface area contributed by atoms with E-state index < -0.39 is 47.2 Å². The Labute approximate surface area is 318 Å². The van der Waals surface area contributed by atoms with Crippen molar-refractivity contribution in [2.75, 3.05) is 24.2 Å². The van der Waals surface area contributed by atoms with E-state index in [9.17, 15) is 24.0 Å². The number of amides is 4. The van der Waals surface area contributed by atoms with Gasteiger partial charge in [-0.2, -0.15) is 0 Å². The number of benzene rings is 3. The highest BCUT2D eigenvalue weighted by Gasteiger charge is 2.55. The van der Waals surface area contributed by atoms with Gasteiger partial charge in [0.2, 0.25) is 5.91 Å². The molecule has 280 valence electrons. The quantitative estimate of drug-likeness (QED) is 0.0741. The second kappa shape index (κ2) is 16.5. The summed E-state index contributed by atoms with van der Waals surface area (Å²) >= 11 is 1.38. The van der Waals surface area contributed by atoms with Gasteiger partial charge in [-0.15, -0.1) is 11.8 Å². The fraction of sp³-hybridized carbons (Fsp3) is 0.293. The van der Waals surface area contributed by atoms with Crippen LogP contribution >= 0.6 is 11.8 Å². The third-order valence-corrected chi connectivity index (χ3v) is 10.1. The maximum Gasteiger partial charge on any atom is 0.411 e. The van der Waals surface area contributed by atoms with E-state index in [1.165, 1.54) is 22.7 Å². The van der Waals surface area contributed by atoms with Crippen LogP contribution in [-0.4, -0.2) is 75.7 Å². The number of carbonyl (C=O) groups excluding carboxylic acids is 5. The van der Waals surface area contributed by atoms with Gasteiger partial charge < -0.3 is 24.4 Å². The highest BCUT2D eigenvalue weighted by molar-refractivity contribution is 8.00. The van der Waals surface area contributed by atoms with Crippen molar-refractivity contribution >= 4 is 47.4 Å². The molecule has 0 unspecified atom stereocenters. The summed E-state index contributed by atoms with van der Waals surface area (Å²) in [4.78, 5) is 69.4. The molecule has 3 aliphatic rings. The first kappa shape index (κ1) is 37.9. The van der Waals surface area contributed by atoms with Crippen molar-refractivity contribution in [1.82, 2.24) is 15.1 Å². The number of nitrogens with zero attached hydrogens (tertiary/aromatic N) is 2. The third-order valence-electron chi connectivity index (χ3n) is 8.76. The van der Waals surface area contributed by atoms with E-state index in [0.717, 1.165) is 16.7 Å². The molecule has 0 spiro atoms. The van der Waals surface area contributed by atoms with E-state index in [1.54, 1.807) is 43.9 Å². The molecule has 13 heteroatoms. The van der Waals surface area contributed by atoms with Gasteiger partial charge in [0.25, 0.3) is 5.91 Å². The first-order chi connectivity index (χ1) is 25.9. The smallest absolute Gasteiger partial charge is 0.411 e. The van der Waals surface area contributed by atoms with Crippen LogP contribution in [0.25, 0.3) is 0 Å². The Balaban J connectivity index is 1.25. The SMILES string of the molecule is C=CCOC(=O)Nc1ccc(CN2CCC(=CC3=C(C(=O)OC(c4ccccc4)c4ccccc4)N4C(=O)[C@@H](NC(=O)OC(C)(C)C)[C@H]4SC3)C2=O)cc1. The number of fused-ring (bicyclic) bond motifs is 1. The highest BCUT2D eigenvalue weighted by atomic mass is 32.2. The zero-order valence-corrected chi connectivity index (χ0v) is 31.1. The number of carbonyl (C=O) groups is 5. The van der Waals surface area contributed by atoms with E-state index in [1.807, 2.05) is 72.8 Å². The number of allylic oxidation sites excluding steroid dienone is 1. The number of thioether (sulfide) groups is 1. The summed E-state index contributed by atoms with van der Waals surface area (Å²) in [5, 5.41) is 4.72. The number of likely N-dealkylation sites (tertiary alicyclic amines) is 1. The van der Waals surface area contributed by atoms with Crippen molar-refractivity contribution in [2.24, 2.45) is 0 Å². The van der Waals surface area contributed by atoms with Gasteiger partial charge in [0.1, 0.15) is 29.3 Å². The molecule has 54 heavy (non-hydrogen) atoms. The Morgan fingerprint density at radius 3 is 2.20 bits per heavy atom. The van der Waals surface area contributed by atoms with Crippen LogP contribution in [0, 0.1) is 0 Å². The molecule has 2 N–H and O–H groups in total. The standard InChI is InChI=1S/C41H42N4O8S/c1-5-22-51-39(49)42-31-18-16-26(17-19-31)24-44-21-20-29(35(44)46)23-30-25-54-37-32(43-40(50)53-41(2,3)4)36(47)45(37)33(30)38(48)52-34(27-12-8-6-9-13-27)28-14-10-7-11-15-28/h5-19,23,32,34,37H,1,20-22,24-25H2,2-4H3,(H,42,49)(H,43,50)/t32-,37-/m1/s1.